The van der Waals surface area contributed by atoms with E-state index in [0.29, 0.717) is 28.4 Å². The first-order valence-electron chi connectivity index (χ1n) is 6.52. The van der Waals surface area contributed by atoms with Gasteiger partial charge in [0.25, 0.3) is 5.91 Å². The number of ether oxygens (including phenoxy) is 3. The zero-order chi connectivity index (χ0) is 14.8. The molecule has 0 spiro atoms. The number of fused-ring (bicyclic) bond motifs is 1. The van der Waals surface area contributed by atoms with Crippen molar-refractivity contribution in [1.29, 1.82) is 0 Å². The van der Waals surface area contributed by atoms with Gasteiger partial charge in [-0.15, -0.1) is 0 Å². The second kappa shape index (κ2) is 5.36. The average Bonchev–Trinajstić information content (AvgIpc) is 2.54. The van der Waals surface area contributed by atoms with Crippen LogP contribution in [-0.4, -0.2) is 20.1 Å². The van der Waals surface area contributed by atoms with Crippen molar-refractivity contribution < 1.29 is 19.0 Å². The molecule has 1 N–H and O–H groups in total. The molecule has 5 heteroatoms. The molecule has 0 saturated carbocycles. The molecule has 1 amide bonds. The third kappa shape index (κ3) is 2.27. The van der Waals surface area contributed by atoms with Crippen molar-refractivity contribution in [3.05, 3.63) is 53.6 Å². The van der Waals surface area contributed by atoms with Crippen LogP contribution in [0, 0.1) is 0 Å². The summed E-state index contributed by atoms with van der Waals surface area (Å²) in [4.78, 5) is 12.2. The molecule has 21 heavy (non-hydrogen) atoms. The lowest BCUT2D eigenvalue weighted by Crippen LogP contribution is -2.37. The number of amides is 1. The Morgan fingerprint density at radius 2 is 1.86 bits per heavy atom. The van der Waals surface area contributed by atoms with Crippen molar-refractivity contribution >= 4 is 5.91 Å². The Kier molecular flexibility index (Phi) is 3.39. The lowest BCUT2D eigenvalue weighted by Gasteiger charge is -2.28. The molecule has 108 valence electrons. The van der Waals surface area contributed by atoms with Crippen LogP contribution in [0.25, 0.3) is 0 Å². The molecule has 1 heterocycles. The van der Waals surface area contributed by atoms with Gasteiger partial charge in [0.15, 0.2) is 11.5 Å². The number of carbonyl (C=O) groups is 1. The van der Waals surface area contributed by atoms with Gasteiger partial charge in [0.1, 0.15) is 5.75 Å². The highest BCUT2D eigenvalue weighted by atomic mass is 16.5. The van der Waals surface area contributed by atoms with E-state index in [9.17, 15) is 4.79 Å². The molecule has 2 aromatic carbocycles. The number of carbonyl (C=O) groups excluding carboxylic acids is 1. The Balaban J connectivity index is 2.02. The van der Waals surface area contributed by atoms with Crippen LogP contribution in [0.15, 0.2) is 42.5 Å². The van der Waals surface area contributed by atoms with Crippen LogP contribution in [0.2, 0.25) is 0 Å². The minimum absolute atomic E-state index is 0.174. The van der Waals surface area contributed by atoms with Crippen molar-refractivity contribution in [2.45, 2.75) is 6.23 Å². The number of para-hydroxylation sites is 2. The summed E-state index contributed by atoms with van der Waals surface area (Å²) in [5, 5.41) is 2.82. The van der Waals surface area contributed by atoms with Crippen molar-refractivity contribution in [2.24, 2.45) is 0 Å². The molecule has 0 unspecified atom stereocenters. The lowest BCUT2D eigenvalue weighted by molar-refractivity contribution is 0.0751. The highest BCUT2D eigenvalue weighted by Gasteiger charge is 2.29. The van der Waals surface area contributed by atoms with E-state index in [1.165, 1.54) is 0 Å². The molecule has 1 atom stereocenters. The zero-order valence-electron chi connectivity index (χ0n) is 11.8. The van der Waals surface area contributed by atoms with Crippen LogP contribution < -0.4 is 19.5 Å². The molecule has 2 aromatic rings. The summed E-state index contributed by atoms with van der Waals surface area (Å²) >= 11 is 0. The number of rotatable bonds is 3. The summed E-state index contributed by atoms with van der Waals surface area (Å²) in [5.74, 6) is 1.51. The topological polar surface area (TPSA) is 56.8 Å². The van der Waals surface area contributed by atoms with Gasteiger partial charge in [-0.1, -0.05) is 18.2 Å². The highest BCUT2D eigenvalue weighted by molar-refractivity contribution is 5.98. The fraction of sp³-hybridized carbons (Fsp3) is 0.188. The first-order valence-corrected chi connectivity index (χ1v) is 6.52. The highest BCUT2D eigenvalue weighted by Crippen LogP contribution is 2.37. The SMILES string of the molecule is COc1cccc([C@@H]2NC(=O)c3ccccc3O2)c1OC. The van der Waals surface area contributed by atoms with Gasteiger partial charge >= 0.3 is 0 Å². The molecule has 0 radical (unpaired) electrons. The summed E-state index contributed by atoms with van der Waals surface area (Å²) in [6.45, 7) is 0. The van der Waals surface area contributed by atoms with E-state index < -0.39 is 6.23 Å². The first-order chi connectivity index (χ1) is 10.2. The summed E-state index contributed by atoms with van der Waals surface area (Å²) in [6, 6.07) is 12.6. The largest absolute Gasteiger partial charge is 0.493 e. The third-order valence-electron chi connectivity index (χ3n) is 3.35. The minimum atomic E-state index is -0.613. The number of nitrogens with one attached hydrogen (secondary N) is 1. The number of hydrogen-bond acceptors (Lipinski definition) is 4. The Morgan fingerprint density at radius 3 is 2.62 bits per heavy atom. The summed E-state index contributed by atoms with van der Waals surface area (Å²) < 4.78 is 16.5. The Hall–Kier alpha value is -2.69. The van der Waals surface area contributed by atoms with Crippen molar-refractivity contribution in [3.8, 4) is 17.2 Å². The third-order valence-corrected chi connectivity index (χ3v) is 3.35. The van der Waals surface area contributed by atoms with Gasteiger partial charge in [-0.2, -0.15) is 0 Å². The van der Waals surface area contributed by atoms with E-state index in [0.717, 1.165) is 0 Å². The van der Waals surface area contributed by atoms with E-state index >= 15 is 0 Å². The Labute approximate surface area is 122 Å². The summed E-state index contributed by atoms with van der Waals surface area (Å²) in [5.41, 5.74) is 1.23. The van der Waals surface area contributed by atoms with Gasteiger partial charge in [-0.3, -0.25) is 4.79 Å². The van der Waals surface area contributed by atoms with Crippen LogP contribution in [0.5, 0.6) is 17.2 Å². The number of methoxy groups -OCH3 is 2. The lowest BCUT2D eigenvalue weighted by atomic mass is 10.1. The molecule has 0 saturated heterocycles. The molecule has 1 aliphatic heterocycles. The van der Waals surface area contributed by atoms with Crippen LogP contribution in [-0.2, 0) is 0 Å². The predicted molar refractivity (Wildman–Crippen MR) is 76.8 cm³/mol. The molecule has 5 nitrogen and oxygen atoms in total. The van der Waals surface area contributed by atoms with Gasteiger partial charge < -0.3 is 19.5 Å². The van der Waals surface area contributed by atoms with Gasteiger partial charge in [0.2, 0.25) is 6.23 Å². The molecule has 3 rings (SSSR count). The van der Waals surface area contributed by atoms with E-state index in [1.54, 1.807) is 38.5 Å². The van der Waals surface area contributed by atoms with Crippen LogP contribution in [0.4, 0.5) is 0 Å². The van der Waals surface area contributed by atoms with Crippen molar-refractivity contribution in [2.75, 3.05) is 14.2 Å². The van der Waals surface area contributed by atoms with Gasteiger partial charge in [-0.25, -0.2) is 0 Å². The predicted octanol–water partition coefficient (Wildman–Crippen LogP) is 2.52. The van der Waals surface area contributed by atoms with Gasteiger partial charge in [0.05, 0.1) is 25.3 Å². The maximum absolute atomic E-state index is 12.2. The van der Waals surface area contributed by atoms with E-state index in [4.69, 9.17) is 14.2 Å². The molecule has 0 bridgehead atoms. The maximum atomic E-state index is 12.2. The number of benzene rings is 2. The first kappa shape index (κ1) is 13.3. The quantitative estimate of drug-likeness (QED) is 0.941. The molecule has 0 aliphatic carbocycles. The number of hydrogen-bond donors (Lipinski definition) is 1. The Morgan fingerprint density at radius 1 is 1.05 bits per heavy atom. The Bertz CT molecular complexity index is 684. The zero-order valence-corrected chi connectivity index (χ0v) is 11.8. The van der Waals surface area contributed by atoms with Gasteiger partial charge in [-0.05, 0) is 24.3 Å². The van der Waals surface area contributed by atoms with E-state index in [-0.39, 0.29) is 5.91 Å². The fourth-order valence-electron chi connectivity index (χ4n) is 2.37. The smallest absolute Gasteiger partial charge is 0.258 e. The van der Waals surface area contributed by atoms with Crippen LogP contribution in [0.3, 0.4) is 0 Å². The van der Waals surface area contributed by atoms with Crippen LogP contribution >= 0.6 is 0 Å². The molecule has 0 aromatic heterocycles. The second-order valence-electron chi connectivity index (χ2n) is 4.55. The molecule has 1 aliphatic rings. The van der Waals surface area contributed by atoms with Crippen molar-refractivity contribution in [1.82, 2.24) is 5.32 Å². The maximum Gasteiger partial charge on any atom is 0.258 e. The summed E-state index contributed by atoms with van der Waals surface area (Å²) in [6.07, 6.45) is -0.613. The molecular weight excluding hydrogens is 270 g/mol. The monoisotopic (exact) mass is 285 g/mol. The second-order valence-corrected chi connectivity index (χ2v) is 4.55. The molecule has 0 fully saturated rings. The molecular formula is C16H15NO4. The average molecular weight is 285 g/mol. The van der Waals surface area contributed by atoms with E-state index in [2.05, 4.69) is 5.32 Å². The minimum Gasteiger partial charge on any atom is -0.493 e. The van der Waals surface area contributed by atoms with E-state index in [1.807, 2.05) is 18.2 Å². The normalized spacial score (nSPS) is 16.5. The van der Waals surface area contributed by atoms with Gasteiger partial charge in [0, 0.05) is 0 Å². The standard InChI is InChI=1S/C16H15NO4/c1-19-13-9-5-7-11(14(13)20-2)16-17-15(18)10-6-3-4-8-12(10)21-16/h3-9,16H,1-2H3,(H,17,18)/t16-/m1/s1. The summed E-state index contributed by atoms with van der Waals surface area (Å²) in [7, 11) is 3.12. The fourth-order valence-corrected chi connectivity index (χ4v) is 2.37. The van der Waals surface area contributed by atoms with Crippen molar-refractivity contribution in [3.63, 3.8) is 0 Å². The van der Waals surface area contributed by atoms with Crippen LogP contribution in [0.1, 0.15) is 22.1 Å².